The quantitative estimate of drug-likeness (QED) is 0.687. The molecule has 0 amide bonds. The maximum Gasteiger partial charge on any atom is 0.595 e. The molecule has 4 fully saturated rings. The van der Waals surface area contributed by atoms with Crippen molar-refractivity contribution in [2.75, 3.05) is 13.1 Å². The van der Waals surface area contributed by atoms with E-state index in [9.17, 15) is 9.59 Å². The molecule has 5 nitrogen and oxygen atoms in total. The van der Waals surface area contributed by atoms with E-state index in [4.69, 9.17) is 9.31 Å². The molecule has 1 saturated heterocycles. The number of carbonyl (C=O) groups is 2. The highest BCUT2D eigenvalue weighted by Gasteiger charge is 2.57. The number of fused-ring (bicyclic) bond motifs is 2. The molecular weight excluding hydrogens is 269 g/mol. The number of hydrogen-bond donors (Lipinski definition) is 0. The molecule has 0 spiro atoms. The summed E-state index contributed by atoms with van der Waals surface area (Å²) >= 11 is 0. The van der Waals surface area contributed by atoms with Crippen molar-refractivity contribution >= 4 is 19.1 Å². The second-order valence-corrected chi connectivity index (χ2v) is 7.47. The first-order chi connectivity index (χ1) is 9.79. The van der Waals surface area contributed by atoms with Crippen molar-refractivity contribution in [2.24, 2.45) is 23.2 Å². The Morgan fingerprint density at radius 2 is 1.71 bits per heavy atom. The van der Waals surface area contributed by atoms with Gasteiger partial charge in [-0.25, -0.2) is 0 Å². The molecule has 0 N–H and O–H groups in total. The second-order valence-electron chi connectivity index (χ2n) is 7.47. The van der Waals surface area contributed by atoms with Crippen LogP contribution in [0.15, 0.2) is 0 Å². The van der Waals surface area contributed by atoms with Crippen LogP contribution < -0.4 is 0 Å². The van der Waals surface area contributed by atoms with E-state index in [1.807, 2.05) is 4.90 Å². The molecule has 1 heterocycles. The van der Waals surface area contributed by atoms with Crippen LogP contribution in [0.2, 0.25) is 6.82 Å². The first-order valence-corrected chi connectivity index (χ1v) is 7.92. The Morgan fingerprint density at radius 3 is 2.19 bits per heavy atom. The van der Waals surface area contributed by atoms with Gasteiger partial charge in [0.15, 0.2) is 0 Å². The van der Waals surface area contributed by atoms with Gasteiger partial charge < -0.3 is 9.31 Å². The Hall–Kier alpha value is -1.04. The molecule has 1 aliphatic heterocycles. The van der Waals surface area contributed by atoms with E-state index < -0.39 is 7.12 Å². The summed E-state index contributed by atoms with van der Waals surface area (Å²) in [6.07, 6.45) is 2.34. The summed E-state index contributed by atoms with van der Waals surface area (Å²) in [5.74, 6) is 1.25. The van der Waals surface area contributed by atoms with Gasteiger partial charge in [0.05, 0.1) is 13.1 Å². The molecule has 4 atom stereocenters. The highest BCUT2D eigenvalue weighted by Crippen LogP contribution is 2.61. The summed E-state index contributed by atoms with van der Waals surface area (Å²) in [6.45, 7) is 8.89. The van der Waals surface area contributed by atoms with Crippen molar-refractivity contribution in [1.82, 2.24) is 4.90 Å². The Labute approximate surface area is 126 Å². The fourth-order valence-corrected chi connectivity index (χ4v) is 4.70. The maximum absolute atomic E-state index is 11.9. The average Bonchev–Trinajstić information content (AvgIpc) is 2.35. The fraction of sp³-hybridized carbons (Fsp3) is 0.867. The van der Waals surface area contributed by atoms with Crippen LogP contribution in [0.4, 0.5) is 0 Å². The molecule has 0 unspecified atom stereocenters. The Balaban J connectivity index is 1.74. The molecule has 0 aromatic rings. The molecule has 0 aromatic carbocycles. The van der Waals surface area contributed by atoms with Crippen LogP contribution in [-0.2, 0) is 18.9 Å². The molecule has 4 aliphatic rings. The highest BCUT2D eigenvalue weighted by molar-refractivity contribution is 6.47. The molecule has 116 valence electrons. The minimum Gasteiger partial charge on any atom is -0.498 e. The van der Waals surface area contributed by atoms with Crippen LogP contribution in [0.25, 0.3) is 0 Å². The van der Waals surface area contributed by atoms with Crippen molar-refractivity contribution in [3.63, 3.8) is 0 Å². The van der Waals surface area contributed by atoms with E-state index in [-0.39, 0.29) is 31.1 Å². The molecule has 0 aromatic heterocycles. The summed E-state index contributed by atoms with van der Waals surface area (Å²) in [7, 11) is -0.775. The lowest BCUT2D eigenvalue weighted by Crippen LogP contribution is -2.62. The zero-order valence-corrected chi connectivity index (χ0v) is 13.3. The summed E-state index contributed by atoms with van der Waals surface area (Å²) < 4.78 is 10.1. The van der Waals surface area contributed by atoms with Gasteiger partial charge in [-0.1, -0.05) is 20.8 Å². The number of nitrogens with zero attached hydrogens (tertiary/aromatic N) is 1. The van der Waals surface area contributed by atoms with E-state index >= 15 is 0 Å². The highest BCUT2D eigenvalue weighted by atomic mass is 16.6. The third-order valence-electron chi connectivity index (χ3n) is 6.04. The van der Waals surface area contributed by atoms with E-state index in [1.54, 1.807) is 6.82 Å². The van der Waals surface area contributed by atoms with Crippen LogP contribution in [0, 0.1) is 23.2 Å². The summed E-state index contributed by atoms with van der Waals surface area (Å²) in [4.78, 5) is 25.7. The van der Waals surface area contributed by atoms with Gasteiger partial charge in [-0.05, 0) is 42.8 Å². The van der Waals surface area contributed by atoms with Gasteiger partial charge in [0.1, 0.15) is 0 Å². The summed E-state index contributed by atoms with van der Waals surface area (Å²) in [6, 6.07) is 0.273. The molecule has 6 heteroatoms. The third-order valence-corrected chi connectivity index (χ3v) is 6.04. The molecule has 3 saturated carbocycles. The minimum atomic E-state index is -0.775. The van der Waals surface area contributed by atoms with Gasteiger partial charge in [-0.3, -0.25) is 14.5 Å². The Morgan fingerprint density at radius 1 is 1.14 bits per heavy atom. The maximum atomic E-state index is 11.9. The van der Waals surface area contributed by atoms with Gasteiger partial charge in [-0.15, -0.1) is 0 Å². The Bertz CT molecular complexity index is 447. The smallest absolute Gasteiger partial charge is 0.498 e. The first-order valence-electron chi connectivity index (χ1n) is 7.92. The Kier molecular flexibility index (Phi) is 3.55. The topological polar surface area (TPSA) is 55.8 Å². The molecule has 3 aliphatic carbocycles. The predicted octanol–water partition coefficient (Wildman–Crippen LogP) is 1.58. The van der Waals surface area contributed by atoms with Gasteiger partial charge in [0, 0.05) is 6.04 Å². The third kappa shape index (κ3) is 2.47. The fourth-order valence-electron chi connectivity index (χ4n) is 4.70. The van der Waals surface area contributed by atoms with Crippen molar-refractivity contribution in [3.05, 3.63) is 0 Å². The number of hydrogen-bond acceptors (Lipinski definition) is 5. The van der Waals surface area contributed by atoms with E-state index in [0.29, 0.717) is 23.2 Å². The van der Waals surface area contributed by atoms with Gasteiger partial charge >= 0.3 is 19.1 Å². The number of rotatable bonds is 1. The average molecular weight is 293 g/mol. The van der Waals surface area contributed by atoms with Crippen LogP contribution >= 0.6 is 0 Å². The van der Waals surface area contributed by atoms with Crippen molar-refractivity contribution in [3.8, 4) is 0 Å². The predicted molar refractivity (Wildman–Crippen MR) is 78.3 cm³/mol. The standard InChI is InChI=1S/C15H24BNO4/c1-9-11-5-10(15(11,2)3)6-12(9)17-7-13(18)20-16(4)21-14(19)8-17/h9-12H,5-8H2,1-4H3/t9-,10+,11-,12-/m1/s1. The van der Waals surface area contributed by atoms with Crippen LogP contribution in [0.1, 0.15) is 33.6 Å². The monoisotopic (exact) mass is 293 g/mol. The van der Waals surface area contributed by atoms with Crippen molar-refractivity contribution in [2.45, 2.75) is 46.5 Å². The zero-order chi connectivity index (χ0) is 15.4. The van der Waals surface area contributed by atoms with Crippen LogP contribution in [-0.4, -0.2) is 43.1 Å². The molecule has 4 rings (SSSR count). The molecule has 0 radical (unpaired) electrons. The van der Waals surface area contributed by atoms with Crippen LogP contribution in [0.3, 0.4) is 0 Å². The van der Waals surface area contributed by atoms with E-state index in [0.717, 1.165) is 6.42 Å². The molecule has 2 bridgehead atoms. The molecular formula is C15H24BNO4. The number of carbonyl (C=O) groups excluding carboxylic acids is 2. The lowest BCUT2D eigenvalue weighted by Gasteiger charge is -2.63. The van der Waals surface area contributed by atoms with Crippen molar-refractivity contribution < 1.29 is 18.9 Å². The summed E-state index contributed by atoms with van der Waals surface area (Å²) in [5, 5.41) is 0. The SMILES string of the molecule is CB1OC(=O)CN([C@@H]2C[C@@H]3C[C@H]([C@H]2C)C3(C)C)CC(=O)O1. The van der Waals surface area contributed by atoms with Crippen LogP contribution in [0.5, 0.6) is 0 Å². The van der Waals surface area contributed by atoms with E-state index in [2.05, 4.69) is 20.8 Å². The van der Waals surface area contributed by atoms with E-state index in [1.165, 1.54) is 6.42 Å². The normalized spacial score (nSPS) is 39.7. The zero-order valence-electron chi connectivity index (χ0n) is 13.3. The largest absolute Gasteiger partial charge is 0.595 e. The first kappa shape index (κ1) is 14.9. The van der Waals surface area contributed by atoms with Crippen molar-refractivity contribution in [1.29, 1.82) is 0 Å². The lowest BCUT2D eigenvalue weighted by molar-refractivity contribution is -0.160. The van der Waals surface area contributed by atoms with Gasteiger partial charge in [-0.2, -0.15) is 0 Å². The van der Waals surface area contributed by atoms with Gasteiger partial charge in [0.2, 0.25) is 0 Å². The lowest BCUT2D eigenvalue weighted by atomic mass is 9.44. The molecule has 21 heavy (non-hydrogen) atoms. The second kappa shape index (κ2) is 5.01. The summed E-state index contributed by atoms with van der Waals surface area (Å²) in [5.41, 5.74) is 0.397. The minimum absolute atomic E-state index is 0.189. The van der Waals surface area contributed by atoms with Gasteiger partial charge in [0.25, 0.3) is 0 Å².